The number of aryl methyl sites for hydroxylation is 2. The Morgan fingerprint density at radius 1 is 1.10 bits per heavy atom. The first-order valence-electron chi connectivity index (χ1n) is 8.26. The molecule has 0 bridgehead atoms. The maximum absolute atomic E-state index is 3.72. The first-order chi connectivity index (χ1) is 9.46. The molecular formula is C19H29N. The maximum atomic E-state index is 3.72. The molecule has 2 aliphatic carbocycles. The van der Waals surface area contributed by atoms with Crippen LogP contribution in [-0.4, -0.2) is 12.6 Å². The van der Waals surface area contributed by atoms with Crippen LogP contribution in [0.15, 0.2) is 18.2 Å². The van der Waals surface area contributed by atoms with Gasteiger partial charge in [0.15, 0.2) is 0 Å². The minimum absolute atomic E-state index is 0.526. The van der Waals surface area contributed by atoms with Gasteiger partial charge in [0.05, 0.1) is 0 Å². The van der Waals surface area contributed by atoms with Crippen molar-refractivity contribution in [3.05, 3.63) is 34.9 Å². The fourth-order valence-corrected chi connectivity index (χ4v) is 4.38. The Morgan fingerprint density at radius 2 is 1.70 bits per heavy atom. The summed E-state index contributed by atoms with van der Waals surface area (Å²) in [4.78, 5) is 0. The molecule has 2 aliphatic rings. The van der Waals surface area contributed by atoms with E-state index in [1.807, 2.05) is 0 Å². The summed E-state index contributed by atoms with van der Waals surface area (Å²) >= 11 is 0. The summed E-state index contributed by atoms with van der Waals surface area (Å²) < 4.78 is 0. The van der Waals surface area contributed by atoms with Gasteiger partial charge in [0.25, 0.3) is 0 Å². The first kappa shape index (κ1) is 14.1. The summed E-state index contributed by atoms with van der Waals surface area (Å²) in [7, 11) is 0. The van der Waals surface area contributed by atoms with Gasteiger partial charge < -0.3 is 5.32 Å². The smallest absolute Gasteiger partial charge is 0.00136 e. The van der Waals surface area contributed by atoms with Gasteiger partial charge in [-0.3, -0.25) is 0 Å². The molecule has 2 unspecified atom stereocenters. The predicted molar refractivity (Wildman–Crippen MR) is 86.0 cm³/mol. The molecule has 0 aromatic heterocycles. The van der Waals surface area contributed by atoms with Gasteiger partial charge in [-0.2, -0.15) is 0 Å². The lowest BCUT2D eigenvalue weighted by molar-refractivity contribution is 0.241. The van der Waals surface area contributed by atoms with E-state index in [4.69, 9.17) is 0 Å². The maximum Gasteiger partial charge on any atom is 0.00136 e. The third-order valence-electron chi connectivity index (χ3n) is 5.21. The summed E-state index contributed by atoms with van der Waals surface area (Å²) in [5.41, 5.74) is 4.90. The molecule has 110 valence electrons. The van der Waals surface area contributed by atoms with Gasteiger partial charge in [-0.05, 0) is 62.3 Å². The molecule has 1 aromatic carbocycles. The molecule has 2 atom stereocenters. The predicted octanol–water partition coefficient (Wildman–Crippen LogP) is 4.26. The van der Waals surface area contributed by atoms with E-state index in [-0.39, 0.29) is 0 Å². The van der Waals surface area contributed by atoms with E-state index < -0.39 is 0 Å². The minimum Gasteiger partial charge on any atom is -0.314 e. The van der Waals surface area contributed by atoms with Gasteiger partial charge in [-0.15, -0.1) is 0 Å². The molecule has 0 heterocycles. The van der Waals surface area contributed by atoms with Crippen molar-refractivity contribution in [1.82, 2.24) is 5.32 Å². The standard InChI is InChI=1S/C19H29N/c1-13(2)20-12-19(10-17-8-18(17)11-19)9-16-6-14(3)5-15(4)7-16/h5-7,13,17-18,20H,8-12H2,1-4H3. The second kappa shape index (κ2) is 5.18. The van der Waals surface area contributed by atoms with E-state index in [2.05, 4.69) is 51.2 Å². The van der Waals surface area contributed by atoms with E-state index in [0.29, 0.717) is 11.5 Å². The molecule has 0 spiro atoms. The molecular weight excluding hydrogens is 242 g/mol. The number of fused-ring (bicyclic) bond motifs is 1. The highest BCUT2D eigenvalue weighted by molar-refractivity contribution is 5.30. The van der Waals surface area contributed by atoms with Crippen molar-refractivity contribution >= 4 is 0 Å². The van der Waals surface area contributed by atoms with Crippen LogP contribution in [0.4, 0.5) is 0 Å². The highest BCUT2D eigenvalue weighted by atomic mass is 14.9. The van der Waals surface area contributed by atoms with Crippen molar-refractivity contribution in [3.63, 3.8) is 0 Å². The van der Waals surface area contributed by atoms with Gasteiger partial charge in [-0.1, -0.05) is 43.2 Å². The summed E-state index contributed by atoms with van der Waals surface area (Å²) in [6, 6.07) is 7.68. The summed E-state index contributed by atoms with van der Waals surface area (Å²) in [5, 5.41) is 3.72. The Kier molecular flexibility index (Phi) is 3.66. The van der Waals surface area contributed by atoms with Crippen molar-refractivity contribution in [1.29, 1.82) is 0 Å². The fraction of sp³-hybridized carbons (Fsp3) is 0.684. The highest BCUT2D eigenvalue weighted by Crippen LogP contribution is 2.60. The molecule has 1 nitrogen and oxygen atoms in total. The highest BCUT2D eigenvalue weighted by Gasteiger charge is 2.53. The molecule has 0 radical (unpaired) electrons. The van der Waals surface area contributed by atoms with E-state index in [1.165, 1.54) is 43.4 Å². The largest absolute Gasteiger partial charge is 0.314 e. The monoisotopic (exact) mass is 271 g/mol. The molecule has 1 N–H and O–H groups in total. The number of rotatable bonds is 5. The van der Waals surface area contributed by atoms with Crippen LogP contribution in [0.25, 0.3) is 0 Å². The zero-order valence-electron chi connectivity index (χ0n) is 13.5. The lowest BCUT2D eigenvalue weighted by Crippen LogP contribution is -2.38. The van der Waals surface area contributed by atoms with Crippen LogP contribution < -0.4 is 5.32 Å². The van der Waals surface area contributed by atoms with Crippen molar-refractivity contribution < 1.29 is 0 Å². The quantitative estimate of drug-likeness (QED) is 0.843. The minimum atomic E-state index is 0.526. The number of hydrogen-bond acceptors (Lipinski definition) is 1. The summed E-state index contributed by atoms with van der Waals surface area (Å²) in [6.07, 6.45) is 5.67. The third-order valence-corrected chi connectivity index (χ3v) is 5.21. The molecule has 2 fully saturated rings. The first-order valence-corrected chi connectivity index (χ1v) is 8.26. The van der Waals surface area contributed by atoms with E-state index >= 15 is 0 Å². The van der Waals surface area contributed by atoms with Gasteiger partial charge in [0, 0.05) is 12.6 Å². The Morgan fingerprint density at radius 3 is 2.25 bits per heavy atom. The molecule has 1 aromatic rings. The Labute approximate surface area is 124 Å². The van der Waals surface area contributed by atoms with E-state index in [9.17, 15) is 0 Å². The topological polar surface area (TPSA) is 12.0 Å². The lowest BCUT2D eigenvalue weighted by atomic mass is 9.77. The summed E-state index contributed by atoms with van der Waals surface area (Å²) in [5.74, 6) is 2.10. The molecule has 1 heteroatoms. The van der Waals surface area contributed by atoms with Gasteiger partial charge in [-0.25, -0.2) is 0 Å². The van der Waals surface area contributed by atoms with Crippen LogP contribution in [0, 0.1) is 31.1 Å². The van der Waals surface area contributed by atoms with Gasteiger partial charge in [0.2, 0.25) is 0 Å². The fourth-order valence-electron chi connectivity index (χ4n) is 4.38. The molecule has 2 saturated carbocycles. The zero-order valence-corrected chi connectivity index (χ0v) is 13.5. The van der Waals surface area contributed by atoms with Crippen molar-refractivity contribution in [3.8, 4) is 0 Å². The SMILES string of the molecule is Cc1cc(C)cc(CC2(CNC(C)C)CC3CC3C2)c1. The molecule has 0 amide bonds. The van der Waals surface area contributed by atoms with Crippen molar-refractivity contribution in [2.75, 3.05) is 6.54 Å². The van der Waals surface area contributed by atoms with Gasteiger partial charge in [0.1, 0.15) is 0 Å². The van der Waals surface area contributed by atoms with Crippen LogP contribution in [0.2, 0.25) is 0 Å². The van der Waals surface area contributed by atoms with Crippen LogP contribution in [-0.2, 0) is 6.42 Å². The Bertz CT molecular complexity index is 458. The Hall–Kier alpha value is -0.820. The number of nitrogens with one attached hydrogen (secondary N) is 1. The second-order valence-corrected chi connectivity index (χ2v) is 7.87. The van der Waals surface area contributed by atoms with Crippen molar-refractivity contribution in [2.24, 2.45) is 17.3 Å². The molecule has 3 rings (SSSR count). The molecule has 20 heavy (non-hydrogen) atoms. The van der Waals surface area contributed by atoms with E-state index in [0.717, 1.165) is 11.8 Å². The second-order valence-electron chi connectivity index (χ2n) is 7.87. The number of benzene rings is 1. The van der Waals surface area contributed by atoms with Gasteiger partial charge >= 0.3 is 0 Å². The summed E-state index contributed by atoms with van der Waals surface area (Å²) in [6.45, 7) is 10.2. The van der Waals surface area contributed by atoms with Crippen LogP contribution in [0.5, 0.6) is 0 Å². The van der Waals surface area contributed by atoms with Crippen LogP contribution >= 0.6 is 0 Å². The van der Waals surface area contributed by atoms with Crippen LogP contribution in [0.1, 0.15) is 49.8 Å². The Balaban J connectivity index is 1.76. The average Bonchev–Trinajstić information content (AvgIpc) is 2.94. The molecule has 0 aliphatic heterocycles. The normalized spacial score (nSPS) is 31.6. The average molecular weight is 271 g/mol. The van der Waals surface area contributed by atoms with Crippen LogP contribution in [0.3, 0.4) is 0 Å². The molecule has 0 saturated heterocycles. The third kappa shape index (κ3) is 3.09. The van der Waals surface area contributed by atoms with E-state index in [1.54, 1.807) is 5.56 Å². The van der Waals surface area contributed by atoms with Crippen molar-refractivity contribution in [2.45, 2.75) is 59.4 Å². The lowest BCUT2D eigenvalue weighted by Gasteiger charge is -2.33. The number of hydrogen-bond donors (Lipinski definition) is 1. The zero-order chi connectivity index (χ0) is 14.3.